The standard InChI is InChI=1S/C23H25N3O4/c1-4-30-22(28)19-20(16-10-6-5-9-15(16)2)26-18-12-8-7-11-17(18)24-23(26)25(21(19)27)13-14-29-3/h5-12,19-20H,4,13-14H2,1-3H3/t19-,20-/m0/s1. The molecule has 0 fully saturated rings. The SMILES string of the molecule is CCOC(=O)[C@@H]1C(=O)N(CCOC)c2nc3ccccc3n2[C@H]1c1ccccc1C. The van der Waals surface area contributed by atoms with Crippen LogP contribution in [0.25, 0.3) is 11.0 Å². The molecule has 0 spiro atoms. The average Bonchev–Trinajstić information content (AvgIpc) is 3.12. The van der Waals surface area contributed by atoms with Gasteiger partial charge in [-0.2, -0.15) is 0 Å². The van der Waals surface area contributed by atoms with Gasteiger partial charge in [-0.1, -0.05) is 36.4 Å². The Balaban J connectivity index is 2.00. The summed E-state index contributed by atoms with van der Waals surface area (Å²) >= 11 is 0. The molecule has 1 amide bonds. The number of carbonyl (C=O) groups is 2. The maximum absolute atomic E-state index is 13.6. The molecule has 0 unspecified atom stereocenters. The molecule has 0 radical (unpaired) electrons. The van der Waals surface area contributed by atoms with Crippen molar-refractivity contribution in [3.63, 3.8) is 0 Å². The Morgan fingerprint density at radius 1 is 1.13 bits per heavy atom. The third-order valence-corrected chi connectivity index (χ3v) is 5.51. The second-order valence-electron chi connectivity index (χ2n) is 7.28. The molecule has 1 aliphatic heterocycles. The van der Waals surface area contributed by atoms with E-state index in [-0.39, 0.29) is 12.5 Å². The van der Waals surface area contributed by atoms with Gasteiger partial charge in [-0.25, -0.2) is 4.98 Å². The fourth-order valence-corrected chi connectivity index (χ4v) is 4.14. The monoisotopic (exact) mass is 407 g/mol. The number of ether oxygens (including phenoxy) is 2. The number of aromatic nitrogens is 2. The van der Waals surface area contributed by atoms with Crippen molar-refractivity contribution in [1.82, 2.24) is 9.55 Å². The number of anilines is 1. The predicted octanol–water partition coefficient (Wildman–Crippen LogP) is 3.11. The number of fused-ring (bicyclic) bond motifs is 3. The normalized spacial score (nSPS) is 18.5. The number of hydrogen-bond acceptors (Lipinski definition) is 5. The first-order chi connectivity index (χ1) is 14.6. The van der Waals surface area contributed by atoms with Gasteiger partial charge < -0.3 is 14.0 Å². The van der Waals surface area contributed by atoms with Crippen LogP contribution >= 0.6 is 0 Å². The Bertz CT molecular complexity index is 1090. The lowest BCUT2D eigenvalue weighted by Gasteiger charge is -2.38. The number of esters is 1. The molecule has 0 saturated heterocycles. The molecule has 0 saturated carbocycles. The molecule has 3 aromatic rings. The van der Waals surface area contributed by atoms with Crippen molar-refractivity contribution >= 4 is 28.9 Å². The number of para-hydroxylation sites is 2. The number of rotatable bonds is 6. The summed E-state index contributed by atoms with van der Waals surface area (Å²) in [6.07, 6.45) is 0. The number of imidazole rings is 1. The molecule has 0 bridgehead atoms. The van der Waals surface area contributed by atoms with E-state index in [2.05, 4.69) is 0 Å². The van der Waals surface area contributed by atoms with Gasteiger partial charge in [-0.05, 0) is 37.1 Å². The summed E-state index contributed by atoms with van der Waals surface area (Å²) in [7, 11) is 1.58. The third kappa shape index (κ3) is 3.25. The number of carbonyl (C=O) groups excluding carboxylic acids is 2. The summed E-state index contributed by atoms with van der Waals surface area (Å²) < 4.78 is 12.6. The Kier molecular flexibility index (Phi) is 5.55. The quantitative estimate of drug-likeness (QED) is 0.464. The minimum absolute atomic E-state index is 0.207. The van der Waals surface area contributed by atoms with Crippen LogP contribution in [-0.2, 0) is 19.1 Å². The van der Waals surface area contributed by atoms with Gasteiger partial charge >= 0.3 is 5.97 Å². The van der Waals surface area contributed by atoms with Gasteiger partial charge in [0, 0.05) is 7.11 Å². The van der Waals surface area contributed by atoms with E-state index < -0.39 is 17.9 Å². The fourth-order valence-electron chi connectivity index (χ4n) is 4.14. The number of methoxy groups -OCH3 is 1. The largest absolute Gasteiger partial charge is 0.465 e. The molecular weight excluding hydrogens is 382 g/mol. The van der Waals surface area contributed by atoms with Crippen LogP contribution in [0.15, 0.2) is 48.5 Å². The van der Waals surface area contributed by atoms with Crippen molar-refractivity contribution in [3.8, 4) is 0 Å². The first-order valence-corrected chi connectivity index (χ1v) is 10.1. The lowest BCUT2D eigenvalue weighted by atomic mass is 9.87. The van der Waals surface area contributed by atoms with E-state index in [1.165, 1.54) is 0 Å². The Hall–Kier alpha value is -3.19. The van der Waals surface area contributed by atoms with Gasteiger partial charge in [0.25, 0.3) is 0 Å². The molecule has 30 heavy (non-hydrogen) atoms. The minimum Gasteiger partial charge on any atom is -0.465 e. The van der Waals surface area contributed by atoms with Crippen LogP contribution in [0.3, 0.4) is 0 Å². The number of aryl methyl sites for hydroxylation is 1. The molecule has 4 rings (SSSR count). The molecule has 7 heteroatoms. The van der Waals surface area contributed by atoms with E-state index >= 15 is 0 Å². The summed E-state index contributed by atoms with van der Waals surface area (Å²) in [5.74, 6) is -1.33. The van der Waals surface area contributed by atoms with Crippen molar-refractivity contribution in [2.75, 3.05) is 31.8 Å². The van der Waals surface area contributed by atoms with E-state index in [0.717, 1.165) is 22.2 Å². The topological polar surface area (TPSA) is 73.7 Å². The number of nitrogens with zero attached hydrogens (tertiary/aromatic N) is 3. The first-order valence-electron chi connectivity index (χ1n) is 10.1. The summed E-state index contributed by atoms with van der Waals surface area (Å²) in [6.45, 7) is 4.57. The van der Waals surface area contributed by atoms with Crippen LogP contribution in [0.5, 0.6) is 0 Å². The van der Waals surface area contributed by atoms with E-state index in [1.54, 1.807) is 18.9 Å². The van der Waals surface area contributed by atoms with Crippen LogP contribution in [0.1, 0.15) is 24.1 Å². The lowest BCUT2D eigenvalue weighted by Crippen LogP contribution is -2.51. The van der Waals surface area contributed by atoms with Crippen molar-refractivity contribution in [2.24, 2.45) is 5.92 Å². The van der Waals surface area contributed by atoms with E-state index in [4.69, 9.17) is 14.5 Å². The molecule has 7 nitrogen and oxygen atoms in total. The van der Waals surface area contributed by atoms with Gasteiger partial charge in [0.05, 0.1) is 36.8 Å². The zero-order valence-corrected chi connectivity index (χ0v) is 17.4. The number of amides is 1. The number of benzene rings is 2. The van der Waals surface area contributed by atoms with E-state index in [1.807, 2.05) is 60.0 Å². The molecule has 156 valence electrons. The fraction of sp³-hybridized carbons (Fsp3) is 0.348. The molecular formula is C23H25N3O4. The highest BCUT2D eigenvalue weighted by atomic mass is 16.5. The van der Waals surface area contributed by atoms with Crippen molar-refractivity contribution in [3.05, 3.63) is 59.7 Å². The summed E-state index contributed by atoms with van der Waals surface area (Å²) in [4.78, 5) is 32.9. The van der Waals surface area contributed by atoms with Gasteiger partial charge in [0.15, 0.2) is 5.92 Å². The lowest BCUT2D eigenvalue weighted by molar-refractivity contribution is -0.153. The van der Waals surface area contributed by atoms with Crippen LogP contribution in [-0.4, -0.2) is 48.3 Å². The molecule has 0 aliphatic carbocycles. The van der Waals surface area contributed by atoms with Crippen LogP contribution in [0.4, 0.5) is 5.95 Å². The number of hydrogen-bond donors (Lipinski definition) is 0. The zero-order valence-electron chi connectivity index (χ0n) is 17.4. The molecule has 2 atom stereocenters. The first kappa shape index (κ1) is 20.1. The average molecular weight is 407 g/mol. The summed E-state index contributed by atoms with van der Waals surface area (Å²) in [6, 6.07) is 15.0. The highest BCUT2D eigenvalue weighted by molar-refractivity contribution is 6.08. The second kappa shape index (κ2) is 8.28. The van der Waals surface area contributed by atoms with Crippen molar-refractivity contribution < 1.29 is 19.1 Å². The summed E-state index contributed by atoms with van der Waals surface area (Å²) in [5, 5.41) is 0. The van der Waals surface area contributed by atoms with Crippen molar-refractivity contribution in [2.45, 2.75) is 19.9 Å². The second-order valence-corrected chi connectivity index (χ2v) is 7.28. The maximum atomic E-state index is 13.6. The van der Waals surface area contributed by atoms with Gasteiger partial charge in [0.1, 0.15) is 0 Å². The van der Waals surface area contributed by atoms with Gasteiger partial charge in [-0.3, -0.25) is 14.5 Å². The Morgan fingerprint density at radius 2 is 1.87 bits per heavy atom. The molecule has 1 aromatic heterocycles. The maximum Gasteiger partial charge on any atom is 0.321 e. The highest BCUT2D eigenvalue weighted by Crippen LogP contribution is 2.41. The minimum atomic E-state index is -1.01. The predicted molar refractivity (Wildman–Crippen MR) is 113 cm³/mol. The zero-order chi connectivity index (χ0) is 21.3. The molecule has 1 aliphatic rings. The summed E-state index contributed by atoms with van der Waals surface area (Å²) in [5.41, 5.74) is 3.54. The van der Waals surface area contributed by atoms with E-state index in [0.29, 0.717) is 19.1 Å². The smallest absolute Gasteiger partial charge is 0.321 e. The van der Waals surface area contributed by atoms with Crippen LogP contribution in [0, 0.1) is 12.8 Å². The Morgan fingerprint density at radius 3 is 2.60 bits per heavy atom. The van der Waals surface area contributed by atoms with Crippen LogP contribution < -0.4 is 4.90 Å². The van der Waals surface area contributed by atoms with Crippen molar-refractivity contribution in [1.29, 1.82) is 0 Å². The third-order valence-electron chi connectivity index (χ3n) is 5.51. The molecule has 0 N–H and O–H groups in total. The molecule has 2 heterocycles. The molecule has 2 aromatic carbocycles. The van der Waals surface area contributed by atoms with Gasteiger partial charge in [-0.15, -0.1) is 0 Å². The van der Waals surface area contributed by atoms with Crippen LogP contribution in [0.2, 0.25) is 0 Å². The van der Waals surface area contributed by atoms with E-state index in [9.17, 15) is 9.59 Å². The van der Waals surface area contributed by atoms with Gasteiger partial charge in [0.2, 0.25) is 11.9 Å². The Labute approximate surface area is 175 Å². The highest BCUT2D eigenvalue weighted by Gasteiger charge is 2.48.